The number of H-pyrrole nitrogens is 1. The topological polar surface area (TPSA) is 117 Å². The van der Waals surface area contributed by atoms with E-state index in [1.807, 2.05) is 41.3 Å². The lowest BCUT2D eigenvalue weighted by Gasteiger charge is -2.37. The number of aromatic nitrogens is 3. The molecule has 1 atom stereocenters. The third-order valence-corrected chi connectivity index (χ3v) is 9.86. The normalized spacial score (nSPS) is 17.8. The minimum Gasteiger partial charge on any atom is -0.497 e. The molecule has 3 heterocycles. The van der Waals surface area contributed by atoms with Gasteiger partial charge in [0.25, 0.3) is 11.6 Å². The zero-order chi connectivity index (χ0) is 33.6. The van der Waals surface area contributed by atoms with Crippen LogP contribution in [-0.2, 0) is 6.42 Å². The molecule has 1 aliphatic heterocycles. The molecule has 2 aliphatic rings. The number of methoxy groups -OCH3 is 1. The maximum absolute atomic E-state index is 14.8. The molecule has 0 radical (unpaired) electrons. The zero-order valence-electron chi connectivity index (χ0n) is 27.8. The van der Waals surface area contributed by atoms with Crippen LogP contribution in [0.4, 0.5) is 11.6 Å². The Kier molecular flexibility index (Phi) is 8.10. The summed E-state index contributed by atoms with van der Waals surface area (Å²) >= 11 is 0. The molecule has 1 unspecified atom stereocenters. The Balaban J connectivity index is 1.25. The number of carbonyl (C=O) groups is 1. The first-order valence-electron chi connectivity index (χ1n) is 16.5. The average molecular weight is 645 g/mol. The number of benzene rings is 3. The van der Waals surface area contributed by atoms with Gasteiger partial charge >= 0.3 is 0 Å². The van der Waals surface area contributed by atoms with E-state index in [4.69, 9.17) is 14.7 Å². The van der Waals surface area contributed by atoms with E-state index in [0.717, 1.165) is 63.9 Å². The molecule has 1 N–H and O–H groups in total. The lowest BCUT2D eigenvalue weighted by Crippen LogP contribution is -2.37. The Bertz CT molecular complexity index is 2060. The van der Waals surface area contributed by atoms with Crippen molar-refractivity contribution < 1.29 is 14.5 Å². The predicted octanol–water partition coefficient (Wildman–Crippen LogP) is 7.53. The molecule has 10 heteroatoms. The lowest BCUT2D eigenvalue weighted by atomic mass is 9.69. The van der Waals surface area contributed by atoms with Gasteiger partial charge in [-0.2, -0.15) is 0 Å². The second-order valence-electron chi connectivity index (χ2n) is 13.9. The number of non-ortho nitro benzene ring substituents is 1. The molecule has 1 aliphatic carbocycles. The molecule has 2 aromatic heterocycles. The van der Waals surface area contributed by atoms with Gasteiger partial charge in [-0.05, 0) is 77.6 Å². The summed E-state index contributed by atoms with van der Waals surface area (Å²) in [6, 6.07) is 20.7. The van der Waals surface area contributed by atoms with E-state index in [0.29, 0.717) is 49.1 Å². The third-order valence-electron chi connectivity index (χ3n) is 9.86. The van der Waals surface area contributed by atoms with Gasteiger partial charge in [0.15, 0.2) is 0 Å². The number of ether oxygens (including phenoxy) is 1. The van der Waals surface area contributed by atoms with E-state index in [-0.39, 0.29) is 17.0 Å². The van der Waals surface area contributed by atoms with E-state index in [2.05, 4.69) is 48.9 Å². The van der Waals surface area contributed by atoms with Crippen molar-refractivity contribution in [3.05, 3.63) is 99.2 Å². The van der Waals surface area contributed by atoms with Crippen molar-refractivity contribution in [2.45, 2.75) is 40.0 Å². The molecule has 1 fully saturated rings. The number of nitrogens with one attached hydrogen (secondary N) is 1. The highest BCUT2D eigenvalue weighted by Crippen LogP contribution is 2.45. The first-order valence-corrected chi connectivity index (χ1v) is 16.5. The number of nitrogens with zero attached hydrogens (tertiary/aromatic N) is 5. The molecule has 246 valence electrons. The van der Waals surface area contributed by atoms with Crippen LogP contribution in [0.15, 0.2) is 66.7 Å². The molecule has 1 amide bonds. The molecule has 1 saturated heterocycles. The molecule has 0 bridgehead atoms. The summed E-state index contributed by atoms with van der Waals surface area (Å²) in [5.41, 5.74) is 7.10. The van der Waals surface area contributed by atoms with Crippen LogP contribution in [-0.4, -0.2) is 64.0 Å². The number of para-hydroxylation sites is 1. The second-order valence-corrected chi connectivity index (χ2v) is 13.9. The summed E-state index contributed by atoms with van der Waals surface area (Å²) in [6.45, 7) is 9.28. The number of amides is 1. The van der Waals surface area contributed by atoms with Gasteiger partial charge in [0.2, 0.25) is 5.95 Å². The van der Waals surface area contributed by atoms with E-state index in [9.17, 15) is 14.9 Å². The number of nitro groups is 1. The quantitative estimate of drug-likeness (QED) is 0.155. The van der Waals surface area contributed by atoms with Gasteiger partial charge in [0, 0.05) is 43.7 Å². The van der Waals surface area contributed by atoms with Crippen molar-refractivity contribution in [1.29, 1.82) is 0 Å². The van der Waals surface area contributed by atoms with E-state index < -0.39 is 4.92 Å². The minimum absolute atomic E-state index is 0.0222. The van der Waals surface area contributed by atoms with Gasteiger partial charge in [-0.3, -0.25) is 14.9 Å². The predicted molar refractivity (Wildman–Crippen MR) is 189 cm³/mol. The summed E-state index contributed by atoms with van der Waals surface area (Å²) in [5.74, 6) is 1.83. The van der Waals surface area contributed by atoms with Gasteiger partial charge in [0.1, 0.15) is 5.75 Å². The van der Waals surface area contributed by atoms with Crippen LogP contribution in [0.1, 0.15) is 60.8 Å². The highest BCUT2D eigenvalue weighted by molar-refractivity contribution is 6.09. The summed E-state index contributed by atoms with van der Waals surface area (Å²) < 4.78 is 5.39. The summed E-state index contributed by atoms with van der Waals surface area (Å²) in [5, 5.41) is 12.2. The Hall–Kier alpha value is -5.25. The van der Waals surface area contributed by atoms with Crippen LogP contribution in [0, 0.1) is 21.4 Å². The number of fused-ring (bicyclic) bond motifs is 3. The van der Waals surface area contributed by atoms with Crippen LogP contribution in [0.3, 0.4) is 0 Å². The van der Waals surface area contributed by atoms with Crippen LogP contribution >= 0.6 is 0 Å². The molecule has 0 saturated carbocycles. The maximum Gasteiger partial charge on any atom is 0.271 e. The first-order chi connectivity index (χ1) is 23.1. The summed E-state index contributed by atoms with van der Waals surface area (Å²) in [6.07, 6.45) is 4.64. The minimum atomic E-state index is -0.404. The van der Waals surface area contributed by atoms with Crippen molar-refractivity contribution >= 4 is 51.1 Å². The highest BCUT2D eigenvalue weighted by Gasteiger charge is 2.36. The largest absolute Gasteiger partial charge is 0.497 e. The van der Waals surface area contributed by atoms with E-state index >= 15 is 0 Å². The number of hydrogen-bond donors (Lipinski definition) is 1. The average Bonchev–Trinajstić information content (AvgIpc) is 3.35. The number of carbonyl (C=O) groups excluding carboxylic acids is 1. The number of hydrogen-bond acceptors (Lipinski definition) is 7. The van der Waals surface area contributed by atoms with Crippen LogP contribution in [0.25, 0.3) is 33.6 Å². The number of allylic oxidation sites excluding steroid dienone is 1. The smallest absolute Gasteiger partial charge is 0.271 e. The van der Waals surface area contributed by atoms with Gasteiger partial charge in [-0.15, -0.1) is 0 Å². The second kappa shape index (κ2) is 12.4. The van der Waals surface area contributed by atoms with Gasteiger partial charge in [-0.1, -0.05) is 51.1 Å². The molecule has 0 spiro atoms. The standard InChI is InChI=1S/C38H40N6O4/c1-38(2,3)26-21-25(20-24-10-13-28(48-4)14-11-24)35-30(22-26)34(29-8-5-6-9-31(29)39-35)36(45)42-16-7-17-43(19-18-42)37-40-32-15-12-27(44(46)47)23-33(32)41-37/h5-6,8-15,20,23,26H,7,16-19,21-22H2,1-4H3,(H,40,41)/b25-20+. The van der Waals surface area contributed by atoms with E-state index in [1.54, 1.807) is 13.2 Å². The number of imidazole rings is 1. The molecule has 10 nitrogen and oxygen atoms in total. The summed E-state index contributed by atoms with van der Waals surface area (Å²) in [7, 11) is 1.67. The lowest BCUT2D eigenvalue weighted by molar-refractivity contribution is -0.384. The van der Waals surface area contributed by atoms with Crippen LogP contribution in [0.2, 0.25) is 0 Å². The highest BCUT2D eigenvalue weighted by atomic mass is 16.6. The monoisotopic (exact) mass is 644 g/mol. The molecular formula is C38H40N6O4. The number of pyridine rings is 1. The molecule has 48 heavy (non-hydrogen) atoms. The van der Waals surface area contributed by atoms with Crippen LogP contribution < -0.4 is 9.64 Å². The Morgan fingerprint density at radius 3 is 2.52 bits per heavy atom. The number of nitro benzene ring substituents is 1. The third kappa shape index (κ3) is 5.98. The first kappa shape index (κ1) is 31.4. The van der Waals surface area contributed by atoms with Crippen molar-refractivity contribution in [3.63, 3.8) is 0 Å². The Morgan fingerprint density at radius 1 is 0.979 bits per heavy atom. The maximum atomic E-state index is 14.8. The van der Waals surface area contributed by atoms with Gasteiger partial charge < -0.3 is 19.5 Å². The molecular weight excluding hydrogens is 604 g/mol. The summed E-state index contributed by atoms with van der Waals surface area (Å²) in [4.78, 5) is 43.0. The molecule has 5 aromatic rings. The fourth-order valence-corrected chi connectivity index (χ4v) is 7.02. The fraction of sp³-hybridized carbons (Fsp3) is 0.342. The van der Waals surface area contributed by atoms with Crippen LogP contribution in [0.5, 0.6) is 5.75 Å². The Morgan fingerprint density at radius 2 is 1.77 bits per heavy atom. The van der Waals surface area contributed by atoms with Gasteiger partial charge in [0.05, 0.1) is 39.8 Å². The number of rotatable bonds is 5. The van der Waals surface area contributed by atoms with Crippen molar-refractivity contribution in [1.82, 2.24) is 19.9 Å². The SMILES string of the molecule is COc1ccc(/C=C2\CC(C(C)(C)C)Cc3c2nc2ccccc2c3C(=O)N2CCCN(c3nc4ccc([N+](=O)[O-])cc4[nH]3)CC2)cc1. The van der Waals surface area contributed by atoms with Crippen molar-refractivity contribution in [3.8, 4) is 5.75 Å². The number of aromatic amines is 1. The van der Waals surface area contributed by atoms with E-state index in [1.165, 1.54) is 12.1 Å². The van der Waals surface area contributed by atoms with Crippen molar-refractivity contribution in [2.75, 3.05) is 38.2 Å². The Labute approximate surface area is 279 Å². The zero-order valence-corrected chi connectivity index (χ0v) is 27.8. The molecule has 3 aromatic carbocycles. The molecule has 7 rings (SSSR count). The fourth-order valence-electron chi connectivity index (χ4n) is 7.02. The van der Waals surface area contributed by atoms with Crippen molar-refractivity contribution in [2.24, 2.45) is 11.3 Å². The van der Waals surface area contributed by atoms with Gasteiger partial charge in [-0.25, -0.2) is 9.97 Å². The number of anilines is 1.